The zero-order valence-electron chi connectivity index (χ0n) is 11.7. The topological polar surface area (TPSA) is 64.4 Å². The minimum absolute atomic E-state index is 0.0710. The molecule has 0 amide bonds. The molecule has 0 saturated heterocycles. The summed E-state index contributed by atoms with van der Waals surface area (Å²) in [6, 6.07) is 9.07. The zero-order chi connectivity index (χ0) is 15.4. The second-order valence-corrected chi connectivity index (χ2v) is 4.45. The van der Waals surface area contributed by atoms with Gasteiger partial charge in [0.05, 0.1) is 4.92 Å². The number of halogens is 1. The standard InChI is InChI=1S/C15H15FN2O3/c1-3-17-13-5-4-6-14(15(13)18(19)20)21-11-8-7-10(2)12(16)9-11/h4-9,17H,3H2,1-2H3. The molecule has 2 aromatic rings. The molecular weight excluding hydrogens is 275 g/mol. The number of ether oxygens (including phenoxy) is 1. The largest absolute Gasteiger partial charge is 0.450 e. The van der Waals surface area contributed by atoms with E-state index in [1.807, 2.05) is 6.92 Å². The maximum atomic E-state index is 13.5. The highest BCUT2D eigenvalue weighted by Crippen LogP contribution is 2.37. The minimum atomic E-state index is -0.516. The van der Waals surface area contributed by atoms with Crippen molar-refractivity contribution >= 4 is 11.4 Å². The number of aryl methyl sites for hydroxylation is 1. The average molecular weight is 290 g/mol. The van der Waals surface area contributed by atoms with Crippen LogP contribution in [0.25, 0.3) is 0 Å². The van der Waals surface area contributed by atoms with Gasteiger partial charge in [-0.2, -0.15) is 0 Å². The normalized spacial score (nSPS) is 10.2. The number of hydrogen-bond acceptors (Lipinski definition) is 4. The Morgan fingerprint density at radius 2 is 2.10 bits per heavy atom. The van der Waals surface area contributed by atoms with Crippen LogP contribution in [0.5, 0.6) is 11.5 Å². The van der Waals surface area contributed by atoms with Crippen molar-refractivity contribution in [1.29, 1.82) is 0 Å². The predicted molar refractivity (Wildman–Crippen MR) is 78.5 cm³/mol. The van der Waals surface area contributed by atoms with Crippen LogP contribution in [0.15, 0.2) is 36.4 Å². The lowest BCUT2D eigenvalue weighted by molar-refractivity contribution is -0.384. The maximum absolute atomic E-state index is 13.5. The first kappa shape index (κ1) is 14.8. The number of anilines is 1. The highest BCUT2D eigenvalue weighted by molar-refractivity contribution is 5.69. The Morgan fingerprint density at radius 3 is 2.71 bits per heavy atom. The summed E-state index contributed by atoms with van der Waals surface area (Å²) < 4.78 is 19.0. The molecule has 0 unspecified atom stereocenters. The van der Waals surface area contributed by atoms with Gasteiger partial charge < -0.3 is 10.1 Å². The first-order chi connectivity index (χ1) is 10.0. The first-order valence-electron chi connectivity index (χ1n) is 6.48. The molecule has 5 nitrogen and oxygen atoms in total. The summed E-state index contributed by atoms with van der Waals surface area (Å²) >= 11 is 0. The van der Waals surface area contributed by atoms with Crippen molar-refractivity contribution in [2.24, 2.45) is 0 Å². The van der Waals surface area contributed by atoms with Gasteiger partial charge in [-0.25, -0.2) is 4.39 Å². The van der Waals surface area contributed by atoms with Crippen molar-refractivity contribution in [3.8, 4) is 11.5 Å². The fraction of sp³-hybridized carbons (Fsp3) is 0.200. The monoisotopic (exact) mass is 290 g/mol. The lowest BCUT2D eigenvalue weighted by Gasteiger charge is -2.10. The lowest BCUT2D eigenvalue weighted by Crippen LogP contribution is -2.02. The van der Waals surface area contributed by atoms with Crippen molar-refractivity contribution in [2.45, 2.75) is 13.8 Å². The first-order valence-corrected chi connectivity index (χ1v) is 6.48. The van der Waals surface area contributed by atoms with E-state index in [1.165, 1.54) is 12.1 Å². The number of hydrogen-bond donors (Lipinski definition) is 1. The van der Waals surface area contributed by atoms with E-state index in [0.29, 0.717) is 17.8 Å². The van der Waals surface area contributed by atoms with Crippen molar-refractivity contribution < 1.29 is 14.1 Å². The van der Waals surface area contributed by atoms with E-state index < -0.39 is 10.7 Å². The summed E-state index contributed by atoms with van der Waals surface area (Å²) in [7, 11) is 0. The van der Waals surface area contributed by atoms with E-state index in [1.54, 1.807) is 31.2 Å². The molecular formula is C15H15FN2O3. The molecule has 0 radical (unpaired) electrons. The van der Waals surface area contributed by atoms with Crippen molar-refractivity contribution in [3.63, 3.8) is 0 Å². The van der Waals surface area contributed by atoms with Gasteiger partial charge in [-0.05, 0) is 37.6 Å². The van der Waals surface area contributed by atoms with Crippen LogP contribution in [-0.4, -0.2) is 11.5 Å². The van der Waals surface area contributed by atoms with Crippen LogP contribution < -0.4 is 10.1 Å². The molecule has 0 bridgehead atoms. The Bertz CT molecular complexity index is 674. The third-order valence-electron chi connectivity index (χ3n) is 2.92. The molecule has 0 aliphatic heterocycles. The molecule has 2 rings (SSSR count). The second-order valence-electron chi connectivity index (χ2n) is 4.45. The van der Waals surface area contributed by atoms with Gasteiger partial charge in [-0.3, -0.25) is 10.1 Å². The van der Waals surface area contributed by atoms with Gasteiger partial charge in [0.15, 0.2) is 0 Å². The van der Waals surface area contributed by atoms with E-state index in [-0.39, 0.29) is 17.2 Å². The smallest absolute Gasteiger partial charge is 0.334 e. The SMILES string of the molecule is CCNc1cccc(Oc2ccc(C)c(F)c2)c1[N+](=O)[O-]. The maximum Gasteiger partial charge on any atom is 0.334 e. The van der Waals surface area contributed by atoms with Crippen LogP contribution in [0.4, 0.5) is 15.8 Å². The van der Waals surface area contributed by atoms with E-state index in [4.69, 9.17) is 4.74 Å². The van der Waals surface area contributed by atoms with Gasteiger partial charge in [0.2, 0.25) is 5.75 Å². The fourth-order valence-corrected chi connectivity index (χ4v) is 1.89. The van der Waals surface area contributed by atoms with Gasteiger partial charge in [-0.15, -0.1) is 0 Å². The summed E-state index contributed by atoms with van der Waals surface area (Å²) in [4.78, 5) is 10.7. The van der Waals surface area contributed by atoms with Crippen molar-refractivity contribution in [3.05, 3.63) is 57.9 Å². The Morgan fingerprint density at radius 1 is 1.33 bits per heavy atom. The number of para-hydroxylation sites is 1. The van der Waals surface area contributed by atoms with Crippen LogP contribution in [0.1, 0.15) is 12.5 Å². The molecule has 1 N–H and O–H groups in total. The second kappa shape index (κ2) is 6.21. The molecule has 0 aliphatic carbocycles. The van der Waals surface area contributed by atoms with Crippen molar-refractivity contribution in [1.82, 2.24) is 0 Å². The van der Waals surface area contributed by atoms with Crippen LogP contribution in [-0.2, 0) is 0 Å². The van der Waals surface area contributed by atoms with Gasteiger partial charge in [0, 0.05) is 12.6 Å². The summed E-state index contributed by atoms with van der Waals surface area (Å²) in [5.41, 5.74) is 0.686. The highest BCUT2D eigenvalue weighted by Gasteiger charge is 2.21. The summed E-state index contributed by atoms with van der Waals surface area (Å²) in [6.07, 6.45) is 0. The van der Waals surface area contributed by atoms with Gasteiger partial charge in [0.25, 0.3) is 0 Å². The Kier molecular flexibility index (Phi) is 4.37. The summed E-state index contributed by atoms with van der Waals surface area (Å²) in [5.74, 6) is -0.130. The molecule has 0 aliphatic rings. The number of nitrogens with one attached hydrogen (secondary N) is 1. The Balaban J connectivity index is 2.41. The number of nitro groups is 1. The Labute approximate surface area is 121 Å². The minimum Gasteiger partial charge on any atom is -0.450 e. The van der Waals surface area contributed by atoms with Crippen molar-refractivity contribution in [2.75, 3.05) is 11.9 Å². The fourth-order valence-electron chi connectivity index (χ4n) is 1.89. The van der Waals surface area contributed by atoms with E-state index in [0.717, 1.165) is 0 Å². The predicted octanol–water partition coefficient (Wildman–Crippen LogP) is 4.27. The Hall–Kier alpha value is -2.63. The van der Waals surface area contributed by atoms with Crippen LogP contribution in [0, 0.1) is 22.9 Å². The van der Waals surface area contributed by atoms with Crippen LogP contribution in [0.2, 0.25) is 0 Å². The highest BCUT2D eigenvalue weighted by atomic mass is 19.1. The average Bonchev–Trinajstić information content (AvgIpc) is 2.43. The molecule has 0 saturated carbocycles. The third kappa shape index (κ3) is 3.28. The van der Waals surface area contributed by atoms with Crippen LogP contribution >= 0.6 is 0 Å². The van der Waals surface area contributed by atoms with Gasteiger partial charge in [0.1, 0.15) is 17.3 Å². The molecule has 21 heavy (non-hydrogen) atoms. The number of benzene rings is 2. The summed E-state index contributed by atoms with van der Waals surface area (Å²) in [6.45, 7) is 4.02. The number of nitrogens with zero attached hydrogens (tertiary/aromatic N) is 1. The van der Waals surface area contributed by atoms with E-state index in [2.05, 4.69) is 5.32 Å². The quantitative estimate of drug-likeness (QED) is 0.660. The molecule has 110 valence electrons. The van der Waals surface area contributed by atoms with Gasteiger partial charge >= 0.3 is 5.69 Å². The molecule has 0 aromatic heterocycles. The number of nitro benzene ring substituents is 1. The van der Waals surface area contributed by atoms with Crippen LogP contribution in [0.3, 0.4) is 0 Å². The molecule has 0 heterocycles. The molecule has 0 spiro atoms. The molecule has 0 fully saturated rings. The third-order valence-corrected chi connectivity index (χ3v) is 2.92. The molecule has 6 heteroatoms. The lowest BCUT2D eigenvalue weighted by atomic mass is 10.2. The van der Waals surface area contributed by atoms with Gasteiger partial charge in [-0.1, -0.05) is 12.1 Å². The molecule has 0 atom stereocenters. The number of rotatable bonds is 5. The molecule has 2 aromatic carbocycles. The zero-order valence-corrected chi connectivity index (χ0v) is 11.7. The summed E-state index contributed by atoms with van der Waals surface area (Å²) in [5, 5.41) is 14.1. The van der Waals surface area contributed by atoms with E-state index >= 15 is 0 Å². The van der Waals surface area contributed by atoms with E-state index in [9.17, 15) is 14.5 Å².